The van der Waals surface area contributed by atoms with Crippen molar-refractivity contribution in [2.45, 2.75) is 45.7 Å². The van der Waals surface area contributed by atoms with Crippen molar-refractivity contribution < 1.29 is 17.4 Å². The third-order valence-electron chi connectivity index (χ3n) is 3.42. The topological polar surface area (TPSA) is 111 Å². The Morgan fingerprint density at radius 2 is 1.76 bits per heavy atom. The maximum Gasteiger partial charge on any atom is 0.244 e. The molecule has 2 aromatic heterocycles. The maximum atomic E-state index is 12.5. The quantitative estimate of drug-likeness (QED) is 0.864. The Bertz CT molecular complexity index is 739. The lowest BCUT2D eigenvalue weighted by atomic mass is 10.2. The van der Waals surface area contributed by atoms with Gasteiger partial charge in [-0.2, -0.15) is 0 Å². The van der Waals surface area contributed by atoms with Crippen LogP contribution in [0.1, 0.15) is 34.1 Å². The number of furan rings is 1. The van der Waals surface area contributed by atoms with Crippen LogP contribution in [0.3, 0.4) is 0 Å². The molecule has 0 spiro atoms. The highest BCUT2D eigenvalue weighted by atomic mass is 32.2. The van der Waals surface area contributed by atoms with Crippen LogP contribution in [0.4, 0.5) is 0 Å². The van der Waals surface area contributed by atoms with E-state index < -0.39 is 10.0 Å². The molecule has 7 nitrogen and oxygen atoms in total. The third-order valence-corrected chi connectivity index (χ3v) is 5.01. The number of nitrogens with zero attached hydrogens (tertiary/aromatic N) is 1. The Labute approximate surface area is 123 Å². The third kappa shape index (κ3) is 2.87. The molecule has 0 unspecified atom stereocenters. The average molecular weight is 313 g/mol. The number of nitrogens with one attached hydrogen (secondary N) is 1. The van der Waals surface area contributed by atoms with Crippen LogP contribution >= 0.6 is 0 Å². The lowest BCUT2D eigenvalue weighted by Gasteiger charge is -2.07. The fourth-order valence-electron chi connectivity index (χ4n) is 2.29. The van der Waals surface area contributed by atoms with Crippen LogP contribution in [0, 0.1) is 27.7 Å². The van der Waals surface area contributed by atoms with E-state index in [0.717, 1.165) is 5.56 Å². The van der Waals surface area contributed by atoms with E-state index in [2.05, 4.69) is 9.88 Å². The predicted molar refractivity (Wildman–Crippen MR) is 76.1 cm³/mol. The summed E-state index contributed by atoms with van der Waals surface area (Å²) in [7, 11) is -3.72. The fourth-order valence-corrected chi connectivity index (χ4v) is 3.74. The standard InChI is InChI=1S/C13H19N3O4S/c1-7-12(9(3)20-16-7)6-15-21(17,18)13-10(4)19-8(2)11(13)5-14/h15H,5-6,14H2,1-4H3. The largest absolute Gasteiger partial charge is 0.465 e. The number of sulfonamides is 1. The van der Waals surface area contributed by atoms with Crippen LogP contribution < -0.4 is 10.5 Å². The first-order valence-corrected chi connectivity index (χ1v) is 7.96. The molecule has 8 heteroatoms. The molecular formula is C13H19N3O4S. The van der Waals surface area contributed by atoms with Gasteiger partial charge in [0.1, 0.15) is 22.2 Å². The molecule has 0 saturated carbocycles. The van der Waals surface area contributed by atoms with Gasteiger partial charge in [-0.25, -0.2) is 13.1 Å². The first kappa shape index (κ1) is 15.7. The van der Waals surface area contributed by atoms with E-state index in [-0.39, 0.29) is 18.0 Å². The monoisotopic (exact) mass is 313 g/mol. The minimum atomic E-state index is -3.72. The van der Waals surface area contributed by atoms with Crippen LogP contribution in [0.5, 0.6) is 0 Å². The molecule has 0 aliphatic carbocycles. The molecule has 0 aliphatic heterocycles. The Morgan fingerprint density at radius 1 is 1.10 bits per heavy atom. The Morgan fingerprint density at radius 3 is 2.29 bits per heavy atom. The lowest BCUT2D eigenvalue weighted by molar-refractivity contribution is 0.392. The summed E-state index contributed by atoms with van der Waals surface area (Å²) in [6.07, 6.45) is 0. The van der Waals surface area contributed by atoms with Crippen LogP contribution in [-0.2, 0) is 23.1 Å². The second-order valence-electron chi connectivity index (χ2n) is 4.85. The van der Waals surface area contributed by atoms with Gasteiger partial charge in [-0.05, 0) is 27.7 Å². The van der Waals surface area contributed by atoms with Crippen LogP contribution in [0.2, 0.25) is 0 Å². The van der Waals surface area contributed by atoms with E-state index >= 15 is 0 Å². The molecule has 0 saturated heterocycles. The maximum absolute atomic E-state index is 12.5. The zero-order valence-corrected chi connectivity index (χ0v) is 13.3. The van der Waals surface area contributed by atoms with Gasteiger partial charge < -0.3 is 14.7 Å². The van der Waals surface area contributed by atoms with Crippen molar-refractivity contribution in [2.24, 2.45) is 5.73 Å². The molecule has 0 bridgehead atoms. The van der Waals surface area contributed by atoms with Crippen molar-refractivity contribution in [3.8, 4) is 0 Å². The van der Waals surface area contributed by atoms with Crippen LogP contribution in [0.25, 0.3) is 0 Å². The van der Waals surface area contributed by atoms with Crippen molar-refractivity contribution in [1.29, 1.82) is 0 Å². The van der Waals surface area contributed by atoms with Crippen molar-refractivity contribution in [1.82, 2.24) is 9.88 Å². The summed E-state index contributed by atoms with van der Waals surface area (Å²) in [6, 6.07) is 0. The summed E-state index contributed by atoms with van der Waals surface area (Å²) in [4.78, 5) is 0.120. The first-order chi connectivity index (χ1) is 9.77. The van der Waals surface area contributed by atoms with E-state index in [1.54, 1.807) is 27.7 Å². The van der Waals surface area contributed by atoms with Crippen LogP contribution in [-0.4, -0.2) is 13.6 Å². The highest BCUT2D eigenvalue weighted by Gasteiger charge is 2.26. The SMILES string of the molecule is Cc1noc(C)c1CNS(=O)(=O)c1c(C)oc(C)c1CN. The molecule has 2 heterocycles. The average Bonchev–Trinajstić information content (AvgIpc) is 2.87. The number of nitrogens with two attached hydrogens (primary N) is 1. The summed E-state index contributed by atoms with van der Waals surface area (Å²) in [5, 5.41) is 3.80. The van der Waals surface area contributed by atoms with E-state index in [4.69, 9.17) is 14.7 Å². The van der Waals surface area contributed by atoms with Gasteiger partial charge >= 0.3 is 0 Å². The Hall–Kier alpha value is -1.64. The Balaban J connectivity index is 2.32. The van der Waals surface area contributed by atoms with E-state index in [1.165, 1.54) is 0 Å². The molecule has 0 aromatic carbocycles. The van der Waals surface area contributed by atoms with Crippen molar-refractivity contribution in [3.05, 3.63) is 34.1 Å². The van der Waals surface area contributed by atoms with Crippen molar-refractivity contribution in [2.75, 3.05) is 0 Å². The number of aryl methyl sites for hydroxylation is 4. The summed E-state index contributed by atoms with van der Waals surface area (Å²) in [5.74, 6) is 1.45. The highest BCUT2D eigenvalue weighted by molar-refractivity contribution is 7.89. The molecule has 2 aromatic rings. The first-order valence-electron chi connectivity index (χ1n) is 6.48. The molecule has 0 radical (unpaired) electrons. The van der Waals surface area contributed by atoms with Gasteiger partial charge in [-0.15, -0.1) is 0 Å². The van der Waals surface area contributed by atoms with Crippen LogP contribution in [0.15, 0.2) is 13.8 Å². The summed E-state index contributed by atoms with van der Waals surface area (Å²) in [6.45, 7) is 7.02. The smallest absolute Gasteiger partial charge is 0.244 e. The number of hydrogen-bond donors (Lipinski definition) is 2. The zero-order valence-electron chi connectivity index (χ0n) is 12.5. The minimum absolute atomic E-state index is 0.102. The second-order valence-corrected chi connectivity index (χ2v) is 6.56. The molecule has 3 N–H and O–H groups in total. The van der Waals surface area contributed by atoms with E-state index in [0.29, 0.717) is 28.5 Å². The predicted octanol–water partition coefficient (Wildman–Crippen LogP) is 1.44. The minimum Gasteiger partial charge on any atom is -0.465 e. The molecule has 21 heavy (non-hydrogen) atoms. The molecule has 0 amide bonds. The van der Waals surface area contributed by atoms with Gasteiger partial charge in [0.25, 0.3) is 0 Å². The van der Waals surface area contributed by atoms with Gasteiger partial charge in [0, 0.05) is 24.2 Å². The highest BCUT2D eigenvalue weighted by Crippen LogP contribution is 2.26. The normalized spacial score (nSPS) is 12.0. The molecule has 0 atom stereocenters. The van der Waals surface area contributed by atoms with Gasteiger partial charge in [-0.3, -0.25) is 0 Å². The zero-order chi connectivity index (χ0) is 15.8. The lowest BCUT2D eigenvalue weighted by Crippen LogP contribution is -2.25. The summed E-state index contributed by atoms with van der Waals surface area (Å²) < 4.78 is 37.9. The molecule has 116 valence electrons. The second kappa shape index (κ2) is 5.63. The molecule has 0 fully saturated rings. The van der Waals surface area contributed by atoms with E-state index in [9.17, 15) is 8.42 Å². The van der Waals surface area contributed by atoms with Gasteiger partial charge in [0.2, 0.25) is 10.0 Å². The van der Waals surface area contributed by atoms with Crippen molar-refractivity contribution in [3.63, 3.8) is 0 Å². The van der Waals surface area contributed by atoms with Gasteiger partial charge in [0.05, 0.1) is 5.69 Å². The molecule has 0 aliphatic rings. The summed E-state index contributed by atoms with van der Waals surface area (Å²) >= 11 is 0. The molecular weight excluding hydrogens is 294 g/mol. The fraction of sp³-hybridized carbons (Fsp3) is 0.462. The number of rotatable bonds is 5. The number of hydrogen-bond acceptors (Lipinski definition) is 6. The molecule has 2 rings (SSSR count). The van der Waals surface area contributed by atoms with Gasteiger partial charge in [0.15, 0.2) is 0 Å². The van der Waals surface area contributed by atoms with Crippen molar-refractivity contribution >= 4 is 10.0 Å². The summed E-state index contributed by atoms with van der Waals surface area (Å²) in [5.41, 5.74) is 7.51. The van der Waals surface area contributed by atoms with Gasteiger partial charge in [-0.1, -0.05) is 5.16 Å². The number of aromatic nitrogens is 1. The van der Waals surface area contributed by atoms with E-state index in [1.807, 2.05) is 0 Å². The Kier molecular flexibility index (Phi) is 4.22.